The largest absolute Gasteiger partial charge is 0.305 e. The summed E-state index contributed by atoms with van der Waals surface area (Å²) in [7, 11) is 6.28. The zero-order valence-electron chi connectivity index (χ0n) is 12.4. The van der Waals surface area contributed by atoms with E-state index in [-0.39, 0.29) is 5.54 Å². The second-order valence-corrected chi connectivity index (χ2v) is 5.84. The van der Waals surface area contributed by atoms with Crippen molar-refractivity contribution < 1.29 is 0 Å². The predicted octanol–water partition coefficient (Wildman–Crippen LogP) is 1.29. The Labute approximate surface area is 112 Å². The van der Waals surface area contributed by atoms with E-state index in [1.807, 2.05) is 14.0 Å². The first-order valence-corrected chi connectivity index (χ1v) is 6.99. The average molecular weight is 252 g/mol. The third-order valence-corrected chi connectivity index (χ3v) is 4.21. The van der Waals surface area contributed by atoms with Crippen LogP contribution in [0.5, 0.6) is 0 Å². The number of hydrogen-bond donors (Lipinski definition) is 1. The molecule has 1 saturated heterocycles. The maximum Gasteiger partial charge on any atom is 0.103 e. The number of likely N-dealkylation sites (tertiary alicyclic amines) is 1. The summed E-state index contributed by atoms with van der Waals surface area (Å²) in [4.78, 5) is 4.88. The third kappa shape index (κ3) is 4.56. The van der Waals surface area contributed by atoms with Gasteiger partial charge in [0.25, 0.3) is 0 Å². The molecule has 1 fully saturated rings. The van der Waals surface area contributed by atoms with Gasteiger partial charge in [-0.15, -0.1) is 0 Å². The van der Waals surface area contributed by atoms with Gasteiger partial charge in [0.2, 0.25) is 0 Å². The van der Waals surface area contributed by atoms with Gasteiger partial charge in [0.05, 0.1) is 6.07 Å². The Morgan fingerprint density at radius 1 is 1.56 bits per heavy atom. The van der Waals surface area contributed by atoms with Crippen molar-refractivity contribution in [3.8, 4) is 6.07 Å². The number of piperidine rings is 1. The average Bonchev–Trinajstić information content (AvgIpc) is 2.38. The van der Waals surface area contributed by atoms with E-state index in [1.165, 1.54) is 25.9 Å². The van der Waals surface area contributed by atoms with Crippen LogP contribution in [0.15, 0.2) is 0 Å². The zero-order valence-corrected chi connectivity index (χ0v) is 12.4. The molecule has 2 atom stereocenters. The van der Waals surface area contributed by atoms with Crippen molar-refractivity contribution in [3.63, 3.8) is 0 Å². The van der Waals surface area contributed by atoms with Crippen LogP contribution >= 0.6 is 0 Å². The number of hydrogen-bond acceptors (Lipinski definition) is 4. The first-order chi connectivity index (χ1) is 8.50. The molecule has 1 aliphatic heterocycles. The summed E-state index contributed by atoms with van der Waals surface area (Å²) in [5.41, 5.74) is -0.371. The topological polar surface area (TPSA) is 42.3 Å². The van der Waals surface area contributed by atoms with Crippen molar-refractivity contribution in [2.75, 3.05) is 40.8 Å². The Morgan fingerprint density at radius 3 is 2.83 bits per heavy atom. The fourth-order valence-electron chi connectivity index (χ4n) is 2.60. The van der Waals surface area contributed by atoms with Crippen LogP contribution < -0.4 is 5.32 Å². The standard InChI is InChI=1S/C14H28N4/c1-14(12-15,16-2)8-6-10-18(4)13-7-5-9-17(3)11-13/h13,16H,5-11H2,1-4H3. The van der Waals surface area contributed by atoms with Crippen LogP contribution in [0.1, 0.15) is 32.6 Å². The lowest BCUT2D eigenvalue weighted by molar-refractivity contribution is 0.131. The second-order valence-electron chi connectivity index (χ2n) is 5.84. The molecule has 0 aromatic carbocycles. The smallest absolute Gasteiger partial charge is 0.103 e. The third-order valence-electron chi connectivity index (χ3n) is 4.21. The van der Waals surface area contributed by atoms with E-state index in [4.69, 9.17) is 5.26 Å². The molecule has 104 valence electrons. The number of likely N-dealkylation sites (N-methyl/N-ethyl adjacent to an activating group) is 2. The molecular formula is C14H28N4. The van der Waals surface area contributed by atoms with Gasteiger partial charge in [0.15, 0.2) is 0 Å². The van der Waals surface area contributed by atoms with Gasteiger partial charge in [0.1, 0.15) is 5.54 Å². The summed E-state index contributed by atoms with van der Waals surface area (Å²) in [6.07, 6.45) is 4.59. The van der Waals surface area contributed by atoms with Crippen molar-refractivity contribution in [1.29, 1.82) is 5.26 Å². The number of rotatable bonds is 6. The first-order valence-electron chi connectivity index (χ1n) is 6.99. The Balaban J connectivity index is 2.28. The van der Waals surface area contributed by atoms with Gasteiger partial charge in [-0.3, -0.25) is 0 Å². The predicted molar refractivity (Wildman–Crippen MR) is 75.5 cm³/mol. The molecule has 0 amide bonds. The molecule has 0 radical (unpaired) electrons. The monoisotopic (exact) mass is 252 g/mol. The lowest BCUT2D eigenvalue weighted by Gasteiger charge is -2.36. The van der Waals surface area contributed by atoms with Crippen LogP contribution in [0.4, 0.5) is 0 Å². The summed E-state index contributed by atoms with van der Waals surface area (Å²) in [6, 6.07) is 3.04. The quantitative estimate of drug-likeness (QED) is 0.773. The Kier molecular flexibility index (Phi) is 6.07. The SMILES string of the molecule is CNC(C)(C#N)CCCN(C)C1CCCN(C)C1. The van der Waals surface area contributed by atoms with Gasteiger partial charge in [-0.2, -0.15) is 5.26 Å². The number of nitrogens with zero attached hydrogens (tertiary/aromatic N) is 3. The molecular weight excluding hydrogens is 224 g/mol. The highest BCUT2D eigenvalue weighted by molar-refractivity contribution is 5.02. The van der Waals surface area contributed by atoms with Crippen molar-refractivity contribution >= 4 is 0 Å². The maximum atomic E-state index is 9.10. The highest BCUT2D eigenvalue weighted by Gasteiger charge is 2.23. The summed E-state index contributed by atoms with van der Waals surface area (Å²) in [6.45, 7) is 5.47. The van der Waals surface area contributed by atoms with E-state index in [9.17, 15) is 0 Å². The highest BCUT2D eigenvalue weighted by atomic mass is 15.2. The molecule has 0 bridgehead atoms. The minimum atomic E-state index is -0.371. The molecule has 1 rings (SSSR count). The van der Waals surface area contributed by atoms with Crippen molar-refractivity contribution in [2.24, 2.45) is 0 Å². The minimum absolute atomic E-state index is 0.371. The van der Waals surface area contributed by atoms with E-state index < -0.39 is 0 Å². The molecule has 0 spiro atoms. The lowest BCUT2D eigenvalue weighted by atomic mass is 9.97. The second kappa shape index (κ2) is 7.08. The van der Waals surface area contributed by atoms with E-state index in [0.29, 0.717) is 6.04 Å². The van der Waals surface area contributed by atoms with Crippen molar-refractivity contribution in [1.82, 2.24) is 15.1 Å². The molecule has 1 aliphatic rings. The van der Waals surface area contributed by atoms with Crippen LogP contribution in [0.3, 0.4) is 0 Å². The Hall–Kier alpha value is -0.630. The lowest BCUT2D eigenvalue weighted by Crippen LogP contribution is -2.45. The van der Waals surface area contributed by atoms with Gasteiger partial charge in [-0.05, 0) is 66.8 Å². The fraction of sp³-hybridized carbons (Fsp3) is 0.929. The Bertz CT molecular complexity index is 286. The molecule has 0 saturated carbocycles. The molecule has 18 heavy (non-hydrogen) atoms. The van der Waals surface area contributed by atoms with Gasteiger partial charge in [0, 0.05) is 12.6 Å². The molecule has 1 N–H and O–H groups in total. The molecule has 0 aromatic heterocycles. The van der Waals surface area contributed by atoms with Crippen LogP contribution in [0, 0.1) is 11.3 Å². The van der Waals surface area contributed by atoms with E-state index in [0.717, 1.165) is 19.4 Å². The van der Waals surface area contributed by atoms with E-state index >= 15 is 0 Å². The molecule has 2 unspecified atom stereocenters. The van der Waals surface area contributed by atoms with E-state index in [1.54, 1.807) is 0 Å². The Morgan fingerprint density at radius 2 is 2.28 bits per heavy atom. The summed E-state index contributed by atoms with van der Waals surface area (Å²) >= 11 is 0. The normalized spacial score (nSPS) is 24.8. The van der Waals surface area contributed by atoms with Crippen LogP contribution in [0.25, 0.3) is 0 Å². The van der Waals surface area contributed by atoms with Crippen molar-refractivity contribution in [3.05, 3.63) is 0 Å². The zero-order chi connectivity index (χ0) is 13.6. The van der Waals surface area contributed by atoms with E-state index in [2.05, 4.69) is 35.3 Å². The fourth-order valence-corrected chi connectivity index (χ4v) is 2.60. The maximum absolute atomic E-state index is 9.10. The molecule has 0 aliphatic carbocycles. The summed E-state index contributed by atoms with van der Waals surface area (Å²) in [5, 5.41) is 12.2. The minimum Gasteiger partial charge on any atom is -0.305 e. The van der Waals surface area contributed by atoms with Crippen LogP contribution in [0.2, 0.25) is 0 Å². The molecule has 1 heterocycles. The van der Waals surface area contributed by atoms with Crippen LogP contribution in [-0.4, -0.2) is 62.2 Å². The van der Waals surface area contributed by atoms with Gasteiger partial charge in [-0.25, -0.2) is 0 Å². The summed E-state index contributed by atoms with van der Waals surface area (Å²) < 4.78 is 0. The number of nitrogens with one attached hydrogen (secondary N) is 1. The molecule has 0 aromatic rings. The molecule has 4 nitrogen and oxygen atoms in total. The van der Waals surface area contributed by atoms with Crippen molar-refractivity contribution in [2.45, 2.75) is 44.2 Å². The summed E-state index contributed by atoms with van der Waals surface area (Å²) in [5.74, 6) is 0. The van der Waals surface area contributed by atoms with Crippen LogP contribution in [-0.2, 0) is 0 Å². The van der Waals surface area contributed by atoms with Gasteiger partial charge >= 0.3 is 0 Å². The highest BCUT2D eigenvalue weighted by Crippen LogP contribution is 2.16. The van der Waals surface area contributed by atoms with Gasteiger partial charge < -0.3 is 15.1 Å². The van der Waals surface area contributed by atoms with Gasteiger partial charge in [-0.1, -0.05) is 0 Å². The molecule has 4 heteroatoms. The number of nitriles is 1. The first kappa shape index (κ1) is 15.4.